The van der Waals surface area contributed by atoms with Gasteiger partial charge >= 0.3 is 17.9 Å². The Balaban J connectivity index is 4.95. The molecular formula is C14H23BrO6. The Morgan fingerprint density at radius 1 is 0.952 bits per heavy atom. The Labute approximate surface area is 133 Å². The minimum Gasteiger partial charge on any atom is -0.465 e. The lowest BCUT2D eigenvalue weighted by molar-refractivity contribution is -0.162. The summed E-state index contributed by atoms with van der Waals surface area (Å²) in [5, 5.41) is 0.422. The lowest BCUT2D eigenvalue weighted by Crippen LogP contribution is -2.41. The van der Waals surface area contributed by atoms with Crippen molar-refractivity contribution < 1.29 is 28.6 Å². The van der Waals surface area contributed by atoms with Gasteiger partial charge in [-0.25, -0.2) is 0 Å². The van der Waals surface area contributed by atoms with Crippen LogP contribution < -0.4 is 0 Å². The maximum atomic E-state index is 11.3. The third kappa shape index (κ3) is 8.04. The van der Waals surface area contributed by atoms with Crippen molar-refractivity contribution in [2.45, 2.75) is 46.8 Å². The van der Waals surface area contributed by atoms with E-state index in [1.165, 1.54) is 20.8 Å². The topological polar surface area (TPSA) is 78.9 Å². The van der Waals surface area contributed by atoms with Crippen molar-refractivity contribution in [3.63, 3.8) is 0 Å². The van der Waals surface area contributed by atoms with Gasteiger partial charge in [0, 0.05) is 37.9 Å². The number of rotatable bonds is 8. The summed E-state index contributed by atoms with van der Waals surface area (Å²) in [5.41, 5.74) is 0. The lowest BCUT2D eigenvalue weighted by Gasteiger charge is -2.32. The fourth-order valence-electron chi connectivity index (χ4n) is 1.98. The molecule has 0 heterocycles. The summed E-state index contributed by atoms with van der Waals surface area (Å²) >= 11 is 3.29. The SMILES string of the molecule is CC(=O)OC[C@@H](C)[C@@H](OC(C)=O)[C@@H](C)[C@H](CBr)OC(C)=O. The summed E-state index contributed by atoms with van der Waals surface area (Å²) in [6.07, 6.45) is -0.963. The van der Waals surface area contributed by atoms with E-state index in [1.807, 2.05) is 13.8 Å². The van der Waals surface area contributed by atoms with E-state index in [9.17, 15) is 14.4 Å². The number of esters is 3. The van der Waals surface area contributed by atoms with Gasteiger partial charge in [-0.15, -0.1) is 0 Å². The molecule has 0 unspecified atom stereocenters. The number of hydrogen-bond acceptors (Lipinski definition) is 6. The molecule has 0 aromatic carbocycles. The van der Waals surface area contributed by atoms with Crippen molar-refractivity contribution in [2.24, 2.45) is 11.8 Å². The maximum absolute atomic E-state index is 11.3. The lowest BCUT2D eigenvalue weighted by atomic mass is 9.90. The predicted octanol–water partition coefficient (Wildman–Crippen LogP) is 2.08. The standard InChI is InChI=1S/C14H23BrO6/c1-8(7-19-10(3)16)14(21-12(5)18)9(2)13(6-15)20-11(4)17/h8-9,13-14H,6-7H2,1-5H3/t8-,9+,13+,14-/m1/s1. The van der Waals surface area contributed by atoms with Crippen LogP contribution >= 0.6 is 15.9 Å². The van der Waals surface area contributed by atoms with Gasteiger partial charge in [0.05, 0.1) is 6.61 Å². The van der Waals surface area contributed by atoms with E-state index in [-0.39, 0.29) is 18.4 Å². The van der Waals surface area contributed by atoms with E-state index < -0.39 is 30.1 Å². The number of alkyl halides is 1. The summed E-state index contributed by atoms with van der Waals surface area (Å²) in [6, 6.07) is 0. The summed E-state index contributed by atoms with van der Waals surface area (Å²) < 4.78 is 15.5. The molecule has 0 bridgehead atoms. The van der Waals surface area contributed by atoms with Crippen molar-refractivity contribution in [3.05, 3.63) is 0 Å². The van der Waals surface area contributed by atoms with Gasteiger partial charge in [-0.3, -0.25) is 14.4 Å². The number of halogens is 1. The van der Waals surface area contributed by atoms with E-state index in [2.05, 4.69) is 15.9 Å². The van der Waals surface area contributed by atoms with Gasteiger partial charge in [-0.1, -0.05) is 29.8 Å². The van der Waals surface area contributed by atoms with Gasteiger partial charge in [-0.2, -0.15) is 0 Å². The van der Waals surface area contributed by atoms with Crippen LogP contribution in [0.5, 0.6) is 0 Å². The number of ether oxygens (including phenoxy) is 3. The van der Waals surface area contributed by atoms with Crippen molar-refractivity contribution in [2.75, 3.05) is 11.9 Å². The summed E-state index contributed by atoms with van der Waals surface area (Å²) in [5.74, 6) is -1.70. The van der Waals surface area contributed by atoms with Gasteiger partial charge in [0.1, 0.15) is 12.2 Å². The zero-order valence-electron chi connectivity index (χ0n) is 13.1. The molecule has 7 heteroatoms. The van der Waals surface area contributed by atoms with Gasteiger partial charge in [0.25, 0.3) is 0 Å². The molecule has 0 aliphatic heterocycles. The Kier molecular flexibility index (Phi) is 9.24. The van der Waals surface area contributed by atoms with Crippen LogP contribution in [0.3, 0.4) is 0 Å². The fraction of sp³-hybridized carbons (Fsp3) is 0.786. The summed E-state index contributed by atoms with van der Waals surface area (Å²) in [6.45, 7) is 7.72. The quantitative estimate of drug-likeness (QED) is 0.371. The van der Waals surface area contributed by atoms with Crippen LogP contribution in [0.1, 0.15) is 34.6 Å². The molecule has 21 heavy (non-hydrogen) atoms. The molecule has 0 rings (SSSR count). The van der Waals surface area contributed by atoms with Crippen molar-refractivity contribution in [3.8, 4) is 0 Å². The summed E-state index contributed by atoms with van der Waals surface area (Å²) in [7, 11) is 0. The first kappa shape index (κ1) is 19.9. The molecule has 0 aromatic heterocycles. The second-order valence-corrected chi connectivity index (χ2v) is 5.66. The van der Waals surface area contributed by atoms with Crippen molar-refractivity contribution in [1.29, 1.82) is 0 Å². The van der Waals surface area contributed by atoms with Crippen LogP contribution in [-0.2, 0) is 28.6 Å². The molecule has 0 radical (unpaired) electrons. The average Bonchev–Trinajstić information content (AvgIpc) is 2.38. The first-order chi connectivity index (χ1) is 9.68. The molecule has 4 atom stereocenters. The Morgan fingerprint density at radius 3 is 1.86 bits per heavy atom. The van der Waals surface area contributed by atoms with Gasteiger partial charge < -0.3 is 14.2 Å². The number of carbonyl (C=O) groups is 3. The van der Waals surface area contributed by atoms with Crippen LogP contribution in [0.2, 0.25) is 0 Å². The van der Waals surface area contributed by atoms with E-state index in [0.29, 0.717) is 5.33 Å². The molecule has 122 valence electrons. The molecule has 0 fully saturated rings. The Hall–Kier alpha value is -1.11. The second kappa shape index (κ2) is 9.76. The molecule has 0 N–H and O–H groups in total. The first-order valence-electron chi connectivity index (χ1n) is 6.72. The highest BCUT2D eigenvalue weighted by atomic mass is 79.9. The minimum atomic E-state index is -0.524. The largest absolute Gasteiger partial charge is 0.465 e. The molecule has 0 amide bonds. The molecule has 0 saturated heterocycles. The zero-order valence-corrected chi connectivity index (χ0v) is 14.6. The van der Waals surface area contributed by atoms with E-state index in [4.69, 9.17) is 14.2 Å². The summed E-state index contributed by atoms with van der Waals surface area (Å²) in [4.78, 5) is 33.3. The Bertz CT molecular complexity index is 370. The highest BCUT2D eigenvalue weighted by molar-refractivity contribution is 9.09. The number of hydrogen-bond donors (Lipinski definition) is 0. The van der Waals surface area contributed by atoms with Crippen LogP contribution in [0, 0.1) is 11.8 Å². The monoisotopic (exact) mass is 366 g/mol. The third-order valence-electron chi connectivity index (χ3n) is 2.99. The van der Waals surface area contributed by atoms with E-state index in [0.717, 1.165) is 0 Å². The van der Waals surface area contributed by atoms with Crippen molar-refractivity contribution >= 4 is 33.8 Å². The molecule has 0 aromatic rings. The van der Waals surface area contributed by atoms with E-state index >= 15 is 0 Å². The normalized spacial score (nSPS) is 16.3. The smallest absolute Gasteiger partial charge is 0.302 e. The van der Waals surface area contributed by atoms with Crippen LogP contribution in [-0.4, -0.2) is 42.1 Å². The van der Waals surface area contributed by atoms with E-state index in [1.54, 1.807) is 0 Å². The molecule has 0 spiro atoms. The second-order valence-electron chi connectivity index (χ2n) is 5.02. The molecule has 0 saturated carbocycles. The highest BCUT2D eigenvalue weighted by Crippen LogP contribution is 2.24. The van der Waals surface area contributed by atoms with Gasteiger partial charge in [0.2, 0.25) is 0 Å². The minimum absolute atomic E-state index is 0.132. The molecule has 0 aliphatic rings. The zero-order chi connectivity index (χ0) is 16.6. The third-order valence-corrected chi connectivity index (χ3v) is 3.62. The van der Waals surface area contributed by atoms with Crippen LogP contribution in [0.25, 0.3) is 0 Å². The highest BCUT2D eigenvalue weighted by Gasteiger charge is 2.34. The average molecular weight is 367 g/mol. The molecule has 6 nitrogen and oxygen atoms in total. The van der Waals surface area contributed by atoms with Gasteiger partial charge in [-0.05, 0) is 0 Å². The van der Waals surface area contributed by atoms with Crippen LogP contribution in [0.15, 0.2) is 0 Å². The number of carbonyl (C=O) groups excluding carboxylic acids is 3. The first-order valence-corrected chi connectivity index (χ1v) is 7.84. The maximum Gasteiger partial charge on any atom is 0.302 e. The molecular weight excluding hydrogens is 344 g/mol. The van der Waals surface area contributed by atoms with Gasteiger partial charge in [0.15, 0.2) is 0 Å². The van der Waals surface area contributed by atoms with Crippen LogP contribution in [0.4, 0.5) is 0 Å². The fourth-order valence-corrected chi connectivity index (χ4v) is 2.70. The Morgan fingerprint density at radius 2 is 1.48 bits per heavy atom. The predicted molar refractivity (Wildman–Crippen MR) is 79.9 cm³/mol. The molecule has 0 aliphatic carbocycles. The van der Waals surface area contributed by atoms with Crippen molar-refractivity contribution in [1.82, 2.24) is 0 Å².